The average molecular weight is 335 g/mol. The van der Waals surface area contributed by atoms with Crippen LogP contribution in [0.2, 0.25) is 0 Å². The minimum absolute atomic E-state index is 0.300. The molecule has 0 unspecified atom stereocenters. The lowest BCUT2D eigenvalue weighted by molar-refractivity contribution is 0.327. The van der Waals surface area contributed by atoms with Crippen molar-refractivity contribution in [1.82, 2.24) is 9.97 Å². The molecule has 3 aromatic rings. The van der Waals surface area contributed by atoms with Crippen molar-refractivity contribution in [3.8, 4) is 34.7 Å². The molecular formula is C19H17N3O3. The molecule has 0 aliphatic carbocycles. The molecule has 6 heteroatoms. The monoisotopic (exact) mass is 335 g/mol. The van der Waals surface area contributed by atoms with Crippen molar-refractivity contribution in [3.05, 3.63) is 42.0 Å². The molecule has 0 N–H and O–H groups in total. The van der Waals surface area contributed by atoms with Crippen molar-refractivity contribution >= 4 is 11.0 Å². The van der Waals surface area contributed by atoms with Crippen molar-refractivity contribution in [3.63, 3.8) is 0 Å². The number of nitrogens with zero attached hydrogens (tertiary/aromatic N) is 3. The number of aromatic nitrogens is 2. The Bertz CT molecular complexity index is 964. The molecule has 0 bridgehead atoms. The Balaban J connectivity index is 2.10. The van der Waals surface area contributed by atoms with Crippen LogP contribution in [0.4, 0.5) is 0 Å². The second-order valence-electron chi connectivity index (χ2n) is 5.20. The molecule has 0 aliphatic rings. The number of fused-ring (bicyclic) bond motifs is 1. The Labute approximate surface area is 145 Å². The quantitative estimate of drug-likeness (QED) is 0.709. The van der Waals surface area contributed by atoms with Gasteiger partial charge in [-0.25, -0.2) is 4.98 Å². The van der Waals surface area contributed by atoms with Gasteiger partial charge in [-0.15, -0.1) is 0 Å². The SMILES string of the molecule is CCOc1nc2nc(-c3ccc(OC)c(OC)c3)ccc2cc1C#N. The van der Waals surface area contributed by atoms with Crippen LogP contribution in [0.5, 0.6) is 17.4 Å². The van der Waals surface area contributed by atoms with Gasteiger partial charge in [0.15, 0.2) is 17.1 Å². The van der Waals surface area contributed by atoms with E-state index in [0.29, 0.717) is 35.2 Å². The van der Waals surface area contributed by atoms with E-state index >= 15 is 0 Å². The molecule has 6 nitrogen and oxygen atoms in total. The molecule has 0 saturated heterocycles. The number of benzene rings is 1. The first kappa shape index (κ1) is 16.5. The predicted octanol–water partition coefficient (Wildman–Crippen LogP) is 3.58. The summed E-state index contributed by atoms with van der Waals surface area (Å²) in [5.74, 6) is 1.58. The molecule has 0 atom stereocenters. The molecule has 0 fully saturated rings. The summed E-state index contributed by atoms with van der Waals surface area (Å²) in [6.07, 6.45) is 0. The van der Waals surface area contributed by atoms with Crippen LogP contribution in [-0.4, -0.2) is 30.8 Å². The maximum atomic E-state index is 9.23. The smallest absolute Gasteiger partial charge is 0.233 e. The van der Waals surface area contributed by atoms with Crippen LogP contribution in [0.1, 0.15) is 12.5 Å². The van der Waals surface area contributed by atoms with Crippen LogP contribution in [0, 0.1) is 11.3 Å². The minimum atomic E-state index is 0.300. The Morgan fingerprint density at radius 3 is 2.48 bits per heavy atom. The van der Waals surface area contributed by atoms with Crippen LogP contribution in [0.25, 0.3) is 22.3 Å². The fourth-order valence-corrected chi connectivity index (χ4v) is 2.52. The second-order valence-corrected chi connectivity index (χ2v) is 5.20. The molecule has 0 aliphatic heterocycles. The summed E-state index contributed by atoms with van der Waals surface area (Å²) in [5.41, 5.74) is 2.54. The molecule has 0 amide bonds. The Kier molecular flexibility index (Phi) is 4.66. The van der Waals surface area contributed by atoms with Gasteiger partial charge in [-0.2, -0.15) is 10.2 Å². The summed E-state index contributed by atoms with van der Waals surface area (Å²) < 4.78 is 16.0. The van der Waals surface area contributed by atoms with E-state index in [2.05, 4.69) is 16.0 Å². The molecule has 25 heavy (non-hydrogen) atoms. The summed E-state index contributed by atoms with van der Waals surface area (Å²) >= 11 is 0. The molecule has 1 aromatic carbocycles. The van der Waals surface area contributed by atoms with Crippen molar-refractivity contribution < 1.29 is 14.2 Å². The predicted molar refractivity (Wildman–Crippen MR) is 94.0 cm³/mol. The Morgan fingerprint density at radius 1 is 1.00 bits per heavy atom. The Hall–Kier alpha value is -3.33. The van der Waals surface area contributed by atoms with Gasteiger partial charge < -0.3 is 14.2 Å². The fourth-order valence-electron chi connectivity index (χ4n) is 2.52. The number of ether oxygens (including phenoxy) is 3. The van der Waals surface area contributed by atoms with Gasteiger partial charge >= 0.3 is 0 Å². The number of methoxy groups -OCH3 is 2. The molecule has 0 spiro atoms. The van der Waals surface area contributed by atoms with Gasteiger partial charge in [-0.3, -0.25) is 0 Å². The molecule has 2 heterocycles. The summed E-state index contributed by atoms with van der Waals surface area (Å²) in [5, 5.41) is 10.0. The highest BCUT2D eigenvalue weighted by atomic mass is 16.5. The van der Waals surface area contributed by atoms with Gasteiger partial charge in [-0.1, -0.05) is 0 Å². The normalized spacial score (nSPS) is 10.3. The molecule has 3 rings (SSSR count). The van der Waals surface area contributed by atoms with E-state index in [1.807, 2.05) is 37.3 Å². The van der Waals surface area contributed by atoms with Gasteiger partial charge in [0.1, 0.15) is 11.6 Å². The number of pyridine rings is 2. The topological polar surface area (TPSA) is 77.3 Å². The zero-order valence-electron chi connectivity index (χ0n) is 14.2. The standard InChI is InChI=1S/C19H17N3O3/c1-4-25-19-14(11-20)9-13-5-7-15(21-18(13)22-19)12-6-8-16(23-2)17(10-12)24-3/h5-10H,4H2,1-3H3. The van der Waals surface area contributed by atoms with E-state index in [1.165, 1.54) is 0 Å². The summed E-state index contributed by atoms with van der Waals surface area (Å²) in [7, 11) is 3.19. The highest BCUT2D eigenvalue weighted by Gasteiger charge is 2.11. The second kappa shape index (κ2) is 7.05. The van der Waals surface area contributed by atoms with Crippen LogP contribution < -0.4 is 14.2 Å². The average Bonchev–Trinajstić information content (AvgIpc) is 2.66. The van der Waals surface area contributed by atoms with Crippen LogP contribution >= 0.6 is 0 Å². The zero-order chi connectivity index (χ0) is 17.8. The molecule has 126 valence electrons. The van der Waals surface area contributed by atoms with Crippen LogP contribution in [0.3, 0.4) is 0 Å². The number of nitriles is 1. The van der Waals surface area contributed by atoms with Gasteiger partial charge in [-0.05, 0) is 43.3 Å². The fraction of sp³-hybridized carbons (Fsp3) is 0.211. The van der Waals surface area contributed by atoms with E-state index in [4.69, 9.17) is 14.2 Å². The summed E-state index contributed by atoms with van der Waals surface area (Å²) in [6, 6.07) is 13.2. The molecule has 0 saturated carbocycles. The first-order chi connectivity index (χ1) is 12.2. The van der Waals surface area contributed by atoms with Gasteiger partial charge in [0, 0.05) is 10.9 Å². The van der Waals surface area contributed by atoms with Gasteiger partial charge in [0.25, 0.3) is 0 Å². The van der Waals surface area contributed by atoms with E-state index in [-0.39, 0.29) is 0 Å². The van der Waals surface area contributed by atoms with E-state index in [0.717, 1.165) is 16.6 Å². The first-order valence-electron chi connectivity index (χ1n) is 7.77. The van der Waals surface area contributed by atoms with Crippen molar-refractivity contribution in [2.45, 2.75) is 6.92 Å². The maximum Gasteiger partial charge on any atom is 0.233 e. The van der Waals surface area contributed by atoms with Crippen molar-refractivity contribution in [1.29, 1.82) is 5.26 Å². The third-order valence-electron chi connectivity index (χ3n) is 3.72. The van der Waals surface area contributed by atoms with Gasteiger partial charge in [0.2, 0.25) is 5.88 Å². The first-order valence-corrected chi connectivity index (χ1v) is 7.77. The zero-order valence-corrected chi connectivity index (χ0v) is 14.2. The maximum absolute atomic E-state index is 9.23. The van der Waals surface area contributed by atoms with Gasteiger partial charge in [0.05, 0.1) is 26.5 Å². The van der Waals surface area contributed by atoms with E-state index in [1.54, 1.807) is 20.3 Å². The lowest BCUT2D eigenvalue weighted by Crippen LogP contribution is -1.99. The van der Waals surface area contributed by atoms with Crippen LogP contribution in [0.15, 0.2) is 36.4 Å². The molecular weight excluding hydrogens is 318 g/mol. The minimum Gasteiger partial charge on any atom is -0.493 e. The number of rotatable bonds is 5. The van der Waals surface area contributed by atoms with E-state index < -0.39 is 0 Å². The van der Waals surface area contributed by atoms with E-state index in [9.17, 15) is 5.26 Å². The van der Waals surface area contributed by atoms with Crippen LogP contribution in [-0.2, 0) is 0 Å². The lowest BCUT2D eigenvalue weighted by Gasteiger charge is -2.10. The number of hydrogen-bond donors (Lipinski definition) is 0. The largest absolute Gasteiger partial charge is 0.493 e. The summed E-state index contributed by atoms with van der Waals surface area (Å²) in [4.78, 5) is 8.98. The number of hydrogen-bond acceptors (Lipinski definition) is 6. The summed E-state index contributed by atoms with van der Waals surface area (Å²) in [6.45, 7) is 2.28. The molecule has 0 radical (unpaired) electrons. The molecule has 2 aromatic heterocycles. The lowest BCUT2D eigenvalue weighted by atomic mass is 10.1. The highest BCUT2D eigenvalue weighted by Crippen LogP contribution is 2.32. The Morgan fingerprint density at radius 2 is 1.80 bits per heavy atom. The third-order valence-corrected chi connectivity index (χ3v) is 3.72. The third kappa shape index (κ3) is 3.17. The highest BCUT2D eigenvalue weighted by molar-refractivity contribution is 5.81. The van der Waals surface area contributed by atoms with Crippen molar-refractivity contribution in [2.24, 2.45) is 0 Å². The van der Waals surface area contributed by atoms with Crippen molar-refractivity contribution in [2.75, 3.05) is 20.8 Å².